The molecule has 30 heavy (non-hydrogen) atoms. The van der Waals surface area contributed by atoms with Crippen molar-refractivity contribution >= 4 is 37.5 Å². The molecular weight excluding hydrogens is 466 g/mol. The van der Waals surface area contributed by atoms with Crippen LogP contribution in [0.5, 0.6) is 0 Å². The van der Waals surface area contributed by atoms with Gasteiger partial charge in [-0.2, -0.15) is 4.31 Å². The summed E-state index contributed by atoms with van der Waals surface area (Å²) in [7, 11) is -3.56. The van der Waals surface area contributed by atoms with E-state index in [1.54, 1.807) is 24.3 Å². The monoisotopic (exact) mass is 491 g/mol. The van der Waals surface area contributed by atoms with Gasteiger partial charge in [0.15, 0.2) is 0 Å². The van der Waals surface area contributed by atoms with Gasteiger partial charge in [-0.3, -0.25) is 4.79 Å². The third kappa shape index (κ3) is 4.61. The number of benzene rings is 2. The standard InChI is InChI=1S/C22H26BrN3O3S/c1-2-25-9-11-26(12-10-25)30(28,29)19-8-4-7-18(14-19)24-22(27)21-15-20(21)16-5-3-6-17(23)13-16/h3-8,13-14,20-21H,2,9-12,15H2,1H3,(H,24,27). The Kier molecular flexibility index (Phi) is 6.29. The fraction of sp³-hybridized carbons (Fsp3) is 0.409. The van der Waals surface area contributed by atoms with Gasteiger partial charge in [-0.1, -0.05) is 41.1 Å². The van der Waals surface area contributed by atoms with E-state index in [2.05, 4.69) is 33.1 Å². The van der Waals surface area contributed by atoms with Crippen LogP contribution in [0.15, 0.2) is 57.9 Å². The van der Waals surface area contributed by atoms with Crippen molar-refractivity contribution in [3.05, 3.63) is 58.6 Å². The highest BCUT2D eigenvalue weighted by atomic mass is 79.9. The van der Waals surface area contributed by atoms with Gasteiger partial charge in [-0.05, 0) is 54.8 Å². The first-order valence-corrected chi connectivity index (χ1v) is 12.5. The first-order chi connectivity index (χ1) is 14.4. The van der Waals surface area contributed by atoms with Crippen molar-refractivity contribution in [2.24, 2.45) is 5.92 Å². The largest absolute Gasteiger partial charge is 0.326 e. The highest BCUT2D eigenvalue weighted by Gasteiger charge is 2.44. The lowest BCUT2D eigenvalue weighted by molar-refractivity contribution is -0.117. The Hall–Kier alpha value is -1.74. The number of nitrogens with one attached hydrogen (secondary N) is 1. The molecule has 2 fully saturated rings. The van der Waals surface area contributed by atoms with Gasteiger partial charge in [-0.25, -0.2) is 8.42 Å². The minimum absolute atomic E-state index is 0.0638. The second kappa shape index (κ2) is 8.78. The van der Waals surface area contributed by atoms with E-state index < -0.39 is 10.0 Å². The molecule has 4 rings (SSSR count). The second-order valence-corrected chi connectivity index (χ2v) is 10.7. The molecule has 1 aliphatic heterocycles. The summed E-state index contributed by atoms with van der Waals surface area (Å²) in [6, 6.07) is 14.6. The predicted molar refractivity (Wildman–Crippen MR) is 121 cm³/mol. The minimum atomic E-state index is -3.56. The van der Waals surface area contributed by atoms with E-state index in [9.17, 15) is 13.2 Å². The maximum atomic E-state index is 13.0. The van der Waals surface area contributed by atoms with Gasteiger partial charge in [0.25, 0.3) is 0 Å². The maximum absolute atomic E-state index is 13.0. The fourth-order valence-corrected chi connectivity index (χ4v) is 5.88. The molecule has 0 bridgehead atoms. The number of carbonyl (C=O) groups excluding carboxylic acids is 1. The lowest BCUT2D eigenvalue weighted by Crippen LogP contribution is -2.48. The van der Waals surface area contributed by atoms with Crippen molar-refractivity contribution in [1.29, 1.82) is 0 Å². The van der Waals surface area contributed by atoms with E-state index in [4.69, 9.17) is 0 Å². The number of hydrogen-bond donors (Lipinski definition) is 1. The number of hydrogen-bond acceptors (Lipinski definition) is 4. The highest BCUT2D eigenvalue weighted by Crippen LogP contribution is 2.48. The normalized spacial score (nSPS) is 22.6. The Morgan fingerprint density at radius 2 is 1.83 bits per heavy atom. The second-order valence-electron chi connectivity index (χ2n) is 7.86. The van der Waals surface area contributed by atoms with Gasteiger partial charge in [-0.15, -0.1) is 0 Å². The number of piperazine rings is 1. The zero-order valence-electron chi connectivity index (χ0n) is 16.9. The van der Waals surface area contributed by atoms with E-state index in [-0.39, 0.29) is 22.6 Å². The van der Waals surface area contributed by atoms with Crippen molar-refractivity contribution in [3.8, 4) is 0 Å². The summed E-state index contributed by atoms with van der Waals surface area (Å²) >= 11 is 3.47. The van der Waals surface area contributed by atoms with Crippen molar-refractivity contribution in [3.63, 3.8) is 0 Å². The molecule has 6 nitrogen and oxygen atoms in total. The Bertz CT molecular complexity index is 1040. The van der Waals surface area contributed by atoms with E-state index in [1.165, 1.54) is 4.31 Å². The summed E-state index contributed by atoms with van der Waals surface area (Å²) in [5, 5.41) is 2.91. The molecule has 1 N–H and O–H groups in total. The van der Waals surface area contributed by atoms with Crippen molar-refractivity contribution in [2.75, 3.05) is 38.0 Å². The van der Waals surface area contributed by atoms with Gasteiger partial charge in [0.2, 0.25) is 15.9 Å². The Morgan fingerprint density at radius 3 is 2.53 bits per heavy atom. The van der Waals surface area contributed by atoms with Gasteiger partial charge >= 0.3 is 0 Å². The Morgan fingerprint density at radius 1 is 1.10 bits per heavy atom. The molecule has 1 saturated carbocycles. The number of sulfonamides is 1. The first-order valence-electron chi connectivity index (χ1n) is 10.3. The summed E-state index contributed by atoms with van der Waals surface area (Å²) in [4.78, 5) is 15.1. The number of amides is 1. The van der Waals surface area contributed by atoms with E-state index in [0.717, 1.165) is 36.1 Å². The van der Waals surface area contributed by atoms with Crippen molar-refractivity contribution < 1.29 is 13.2 Å². The lowest BCUT2D eigenvalue weighted by Gasteiger charge is -2.33. The average Bonchev–Trinajstić information content (AvgIpc) is 3.55. The molecule has 0 radical (unpaired) electrons. The fourth-order valence-electron chi connectivity index (χ4n) is 3.99. The SMILES string of the molecule is CCN1CCN(S(=O)(=O)c2cccc(NC(=O)C3CC3c3cccc(Br)c3)c2)CC1. The minimum Gasteiger partial charge on any atom is -0.326 e. The van der Waals surface area contributed by atoms with Gasteiger partial charge in [0.1, 0.15) is 0 Å². The van der Waals surface area contributed by atoms with Crippen molar-refractivity contribution in [2.45, 2.75) is 24.2 Å². The zero-order valence-corrected chi connectivity index (χ0v) is 19.3. The molecule has 1 aliphatic carbocycles. The summed E-state index contributed by atoms with van der Waals surface area (Å²) in [5.41, 5.74) is 1.67. The molecule has 0 aromatic heterocycles. The molecular formula is C22H26BrN3O3S. The number of halogens is 1. The average molecular weight is 492 g/mol. The molecule has 160 valence electrons. The smallest absolute Gasteiger partial charge is 0.243 e. The summed E-state index contributed by atoms with van der Waals surface area (Å²) < 4.78 is 28.6. The predicted octanol–water partition coefficient (Wildman–Crippen LogP) is 3.52. The van der Waals surface area contributed by atoms with E-state index >= 15 is 0 Å². The maximum Gasteiger partial charge on any atom is 0.243 e. The van der Waals surface area contributed by atoms with Crippen LogP contribution in [-0.2, 0) is 14.8 Å². The Labute approximate surface area is 186 Å². The first kappa shape index (κ1) is 21.5. The molecule has 8 heteroatoms. The van der Waals surface area contributed by atoms with E-state index in [1.807, 2.05) is 24.3 Å². The molecule has 1 heterocycles. The third-order valence-electron chi connectivity index (χ3n) is 5.92. The van der Waals surface area contributed by atoms with Crippen LogP contribution in [-0.4, -0.2) is 56.3 Å². The van der Waals surface area contributed by atoms with Crippen LogP contribution in [0.25, 0.3) is 0 Å². The van der Waals surface area contributed by atoms with Crippen LogP contribution >= 0.6 is 15.9 Å². The van der Waals surface area contributed by atoms with Crippen LogP contribution in [0, 0.1) is 5.92 Å². The van der Waals surface area contributed by atoms with Gasteiger partial charge in [0, 0.05) is 42.3 Å². The topological polar surface area (TPSA) is 69.7 Å². The summed E-state index contributed by atoms with van der Waals surface area (Å²) in [5.74, 6) is 0.0667. The third-order valence-corrected chi connectivity index (χ3v) is 8.31. The Balaban J connectivity index is 1.42. The summed E-state index contributed by atoms with van der Waals surface area (Å²) in [6.45, 7) is 5.47. The molecule has 0 spiro atoms. The molecule has 1 amide bonds. The zero-order chi connectivity index (χ0) is 21.3. The lowest BCUT2D eigenvalue weighted by atomic mass is 10.1. The van der Waals surface area contributed by atoms with Gasteiger partial charge in [0.05, 0.1) is 4.90 Å². The molecule has 2 aromatic rings. The molecule has 2 aliphatic rings. The number of anilines is 1. The summed E-state index contributed by atoms with van der Waals surface area (Å²) in [6.07, 6.45) is 0.808. The number of nitrogens with zero attached hydrogens (tertiary/aromatic N) is 2. The van der Waals surface area contributed by atoms with Crippen LogP contribution in [0.2, 0.25) is 0 Å². The molecule has 1 saturated heterocycles. The van der Waals surface area contributed by atoms with E-state index in [0.29, 0.717) is 18.8 Å². The van der Waals surface area contributed by atoms with Crippen LogP contribution < -0.4 is 5.32 Å². The number of rotatable bonds is 6. The van der Waals surface area contributed by atoms with Crippen LogP contribution in [0.3, 0.4) is 0 Å². The molecule has 2 atom stereocenters. The quantitative estimate of drug-likeness (QED) is 0.670. The highest BCUT2D eigenvalue weighted by molar-refractivity contribution is 9.10. The van der Waals surface area contributed by atoms with Crippen LogP contribution in [0.4, 0.5) is 5.69 Å². The van der Waals surface area contributed by atoms with Gasteiger partial charge < -0.3 is 10.2 Å². The number of likely N-dealkylation sites (N-methyl/N-ethyl adjacent to an activating group) is 1. The van der Waals surface area contributed by atoms with Crippen LogP contribution in [0.1, 0.15) is 24.8 Å². The molecule has 2 unspecified atom stereocenters. The number of carbonyl (C=O) groups is 1. The van der Waals surface area contributed by atoms with Crippen molar-refractivity contribution in [1.82, 2.24) is 9.21 Å². The molecule has 2 aromatic carbocycles.